The van der Waals surface area contributed by atoms with Crippen LogP contribution in [0, 0.1) is 0 Å². The van der Waals surface area contributed by atoms with Gasteiger partial charge in [-0.05, 0) is 19.5 Å². The predicted octanol–water partition coefficient (Wildman–Crippen LogP) is 3.04. The summed E-state index contributed by atoms with van der Waals surface area (Å²) in [4.78, 5) is 10.7. The zero-order valence-corrected chi connectivity index (χ0v) is 10.1. The summed E-state index contributed by atoms with van der Waals surface area (Å²) in [7, 11) is -1.85. The molecule has 0 radical (unpaired) electrons. The van der Waals surface area contributed by atoms with E-state index >= 15 is 0 Å². The van der Waals surface area contributed by atoms with Crippen molar-refractivity contribution in [3.63, 3.8) is 0 Å². The average molecular weight is 200 g/mol. The second-order valence-electron chi connectivity index (χ2n) is 3.74. The van der Waals surface area contributed by atoms with E-state index in [4.69, 9.17) is 4.43 Å². The van der Waals surface area contributed by atoms with Gasteiger partial charge in [0.15, 0.2) is 0 Å². The van der Waals surface area contributed by atoms with Crippen molar-refractivity contribution < 1.29 is 9.22 Å². The first-order valence-electron chi connectivity index (χ1n) is 4.85. The molecule has 0 saturated heterocycles. The molecule has 76 valence electrons. The first-order valence-corrected chi connectivity index (χ1v) is 7.84. The summed E-state index contributed by atoms with van der Waals surface area (Å²) in [5.41, 5.74) is 2.09. The molecule has 2 nitrogen and oxygen atoms in total. The number of allylic oxidation sites excluding steroid dienone is 1. The summed E-state index contributed by atoms with van der Waals surface area (Å²) >= 11 is 0. The topological polar surface area (TPSA) is 26.3 Å². The minimum atomic E-state index is -1.85. The second kappa shape index (κ2) is 5.97. The molecule has 0 fully saturated rings. The Hall–Kier alpha value is -0.573. The second-order valence-corrected chi connectivity index (χ2v) is 7.49. The van der Waals surface area contributed by atoms with Crippen LogP contribution in [0.4, 0.5) is 0 Å². The van der Waals surface area contributed by atoms with Crippen LogP contribution in [-0.2, 0) is 9.22 Å². The fourth-order valence-corrected chi connectivity index (χ4v) is 2.64. The van der Waals surface area contributed by atoms with E-state index in [2.05, 4.69) is 18.7 Å². The van der Waals surface area contributed by atoms with Crippen molar-refractivity contribution in [2.24, 2.45) is 0 Å². The molecule has 0 spiro atoms. The largest absolute Gasteiger partial charge is 0.516 e. The van der Waals surface area contributed by atoms with Gasteiger partial charge in [-0.2, -0.15) is 0 Å². The lowest BCUT2D eigenvalue weighted by Crippen LogP contribution is -2.30. The van der Waals surface area contributed by atoms with Crippen molar-refractivity contribution in [1.29, 1.82) is 0 Å². The van der Waals surface area contributed by atoms with Crippen molar-refractivity contribution in [3.05, 3.63) is 11.8 Å². The van der Waals surface area contributed by atoms with E-state index in [0.717, 1.165) is 6.42 Å². The smallest absolute Gasteiger partial charge is 0.289 e. The summed E-state index contributed by atoms with van der Waals surface area (Å²) in [6.07, 6.45) is 5.65. The van der Waals surface area contributed by atoms with Gasteiger partial charge in [0.05, 0.1) is 0 Å². The lowest BCUT2D eigenvalue weighted by atomic mass is 10.2. The molecule has 0 heterocycles. The van der Waals surface area contributed by atoms with E-state index in [1.807, 2.05) is 13.1 Å². The third kappa shape index (κ3) is 7.78. The van der Waals surface area contributed by atoms with Gasteiger partial charge in [0.1, 0.15) is 0 Å². The third-order valence-electron chi connectivity index (χ3n) is 1.65. The van der Waals surface area contributed by atoms with Crippen molar-refractivity contribution in [1.82, 2.24) is 0 Å². The van der Waals surface area contributed by atoms with Crippen LogP contribution in [0.5, 0.6) is 0 Å². The Morgan fingerprint density at radius 2 is 2.08 bits per heavy atom. The molecule has 0 saturated carbocycles. The lowest BCUT2D eigenvalue weighted by molar-refractivity contribution is -0.132. The van der Waals surface area contributed by atoms with E-state index < -0.39 is 8.32 Å². The molecule has 0 aliphatic rings. The standard InChI is InChI=1S/C10H20O2Si/c1-5-6-7-8-9-13(3,4)12-10(2)11/h8-9H,5-7H2,1-4H3. The molecule has 0 aliphatic carbocycles. The molecular weight excluding hydrogens is 180 g/mol. The Balaban J connectivity index is 3.85. The number of hydrogen-bond acceptors (Lipinski definition) is 2. The van der Waals surface area contributed by atoms with E-state index in [1.165, 1.54) is 19.8 Å². The van der Waals surface area contributed by atoms with Crippen molar-refractivity contribution in [2.45, 2.75) is 46.2 Å². The number of carbonyl (C=O) groups is 1. The van der Waals surface area contributed by atoms with Crippen LogP contribution < -0.4 is 0 Å². The minimum Gasteiger partial charge on any atom is -0.516 e. The number of unbranched alkanes of at least 4 members (excludes halogenated alkanes) is 2. The van der Waals surface area contributed by atoms with Gasteiger partial charge in [-0.25, -0.2) is 0 Å². The Morgan fingerprint density at radius 1 is 1.46 bits per heavy atom. The normalized spacial score (nSPS) is 12.0. The van der Waals surface area contributed by atoms with Gasteiger partial charge < -0.3 is 4.43 Å². The maximum Gasteiger partial charge on any atom is 0.289 e. The molecule has 0 N–H and O–H groups in total. The summed E-state index contributed by atoms with van der Waals surface area (Å²) in [5.74, 6) is -0.170. The summed E-state index contributed by atoms with van der Waals surface area (Å²) in [5, 5.41) is 0. The van der Waals surface area contributed by atoms with Gasteiger partial charge >= 0.3 is 0 Å². The van der Waals surface area contributed by atoms with E-state index in [9.17, 15) is 4.79 Å². The highest BCUT2D eigenvalue weighted by molar-refractivity contribution is 6.77. The average Bonchev–Trinajstić information content (AvgIpc) is 1.95. The van der Waals surface area contributed by atoms with E-state index in [-0.39, 0.29) is 5.97 Å². The molecule has 0 aliphatic heterocycles. The molecule has 3 heteroatoms. The van der Waals surface area contributed by atoms with Crippen LogP contribution in [0.25, 0.3) is 0 Å². The van der Waals surface area contributed by atoms with Gasteiger partial charge in [-0.3, -0.25) is 4.79 Å². The molecule has 0 bridgehead atoms. The molecule has 0 amide bonds. The Morgan fingerprint density at radius 3 is 2.54 bits per heavy atom. The van der Waals surface area contributed by atoms with Gasteiger partial charge in [0.2, 0.25) is 0 Å². The minimum absolute atomic E-state index is 0.170. The summed E-state index contributed by atoms with van der Waals surface area (Å²) in [6, 6.07) is 0. The van der Waals surface area contributed by atoms with E-state index in [0.29, 0.717) is 0 Å². The molecular formula is C10H20O2Si. The highest BCUT2D eigenvalue weighted by atomic mass is 28.4. The maximum absolute atomic E-state index is 10.7. The zero-order chi connectivity index (χ0) is 10.3. The van der Waals surface area contributed by atoms with Crippen molar-refractivity contribution in [3.8, 4) is 0 Å². The predicted molar refractivity (Wildman–Crippen MR) is 57.9 cm³/mol. The van der Waals surface area contributed by atoms with Crippen molar-refractivity contribution in [2.75, 3.05) is 0 Å². The highest BCUT2D eigenvalue weighted by Gasteiger charge is 2.20. The Kier molecular flexibility index (Phi) is 5.71. The highest BCUT2D eigenvalue weighted by Crippen LogP contribution is 2.07. The summed E-state index contributed by atoms with van der Waals surface area (Å²) < 4.78 is 5.23. The van der Waals surface area contributed by atoms with E-state index in [1.54, 1.807) is 0 Å². The summed E-state index contributed by atoms with van der Waals surface area (Å²) in [6.45, 7) is 7.69. The molecule has 0 aromatic carbocycles. The molecule has 0 atom stereocenters. The van der Waals surface area contributed by atoms with Crippen LogP contribution in [0.15, 0.2) is 11.8 Å². The number of hydrogen-bond donors (Lipinski definition) is 0. The van der Waals surface area contributed by atoms with Gasteiger partial charge in [0, 0.05) is 6.92 Å². The van der Waals surface area contributed by atoms with Gasteiger partial charge in [-0.15, -0.1) is 0 Å². The SMILES string of the molecule is CCCCC=C[Si](C)(C)OC(C)=O. The van der Waals surface area contributed by atoms with Crippen LogP contribution >= 0.6 is 0 Å². The fourth-order valence-electron chi connectivity index (χ4n) is 1.09. The van der Waals surface area contributed by atoms with Crippen LogP contribution in [0.2, 0.25) is 13.1 Å². The van der Waals surface area contributed by atoms with Crippen molar-refractivity contribution >= 4 is 14.3 Å². The number of carbonyl (C=O) groups excluding carboxylic acids is 1. The fraction of sp³-hybridized carbons (Fsp3) is 0.700. The Labute approximate surface area is 82.1 Å². The zero-order valence-electron chi connectivity index (χ0n) is 9.09. The Bertz CT molecular complexity index is 185. The van der Waals surface area contributed by atoms with Gasteiger partial charge in [0.25, 0.3) is 14.3 Å². The van der Waals surface area contributed by atoms with Gasteiger partial charge in [-0.1, -0.05) is 31.5 Å². The lowest BCUT2D eigenvalue weighted by Gasteiger charge is -2.16. The third-order valence-corrected chi connectivity index (χ3v) is 3.50. The first-order chi connectivity index (χ1) is 5.98. The number of rotatable bonds is 5. The van der Waals surface area contributed by atoms with Crippen LogP contribution in [-0.4, -0.2) is 14.3 Å². The van der Waals surface area contributed by atoms with Crippen LogP contribution in [0.3, 0.4) is 0 Å². The maximum atomic E-state index is 10.7. The molecule has 0 unspecified atom stereocenters. The molecule has 0 aromatic rings. The molecule has 0 rings (SSSR count). The molecule has 0 aromatic heterocycles. The monoisotopic (exact) mass is 200 g/mol. The van der Waals surface area contributed by atoms with Crippen LogP contribution in [0.1, 0.15) is 33.1 Å². The first kappa shape index (κ1) is 12.4. The molecule has 13 heavy (non-hydrogen) atoms. The quantitative estimate of drug-likeness (QED) is 0.503.